The summed E-state index contributed by atoms with van der Waals surface area (Å²) in [5, 5.41) is 7.44. The van der Waals surface area contributed by atoms with Crippen molar-refractivity contribution >= 4 is 0 Å². The van der Waals surface area contributed by atoms with Gasteiger partial charge < -0.3 is 5.32 Å². The Balaban J connectivity index is 2.48. The van der Waals surface area contributed by atoms with E-state index < -0.39 is 0 Å². The molecule has 1 aromatic rings. The van der Waals surface area contributed by atoms with Crippen molar-refractivity contribution in [3.8, 4) is 0 Å². The van der Waals surface area contributed by atoms with Crippen molar-refractivity contribution in [2.24, 2.45) is 0 Å². The predicted octanol–water partition coefficient (Wildman–Crippen LogP) is 0.964. The maximum absolute atomic E-state index is 4.27. The number of aromatic nitrogens is 3. The third kappa shape index (κ3) is 3.38. The molecule has 0 fully saturated rings. The molecule has 1 heterocycles. The minimum absolute atomic E-state index is 0.736. The fourth-order valence-electron chi connectivity index (χ4n) is 1.00. The summed E-state index contributed by atoms with van der Waals surface area (Å²) in [6.07, 6.45) is 1.74. The monoisotopic (exact) mass is 180 g/mol. The van der Waals surface area contributed by atoms with Gasteiger partial charge in [-0.25, -0.2) is 9.67 Å². The van der Waals surface area contributed by atoms with E-state index in [2.05, 4.69) is 28.9 Å². The van der Waals surface area contributed by atoms with Crippen LogP contribution in [0.3, 0.4) is 0 Å². The zero-order chi connectivity index (χ0) is 9.68. The number of allylic oxidation sites excluding steroid dienone is 1. The normalized spacial score (nSPS) is 10.3. The number of nitrogens with one attached hydrogen (secondary N) is 1. The second kappa shape index (κ2) is 4.77. The summed E-state index contributed by atoms with van der Waals surface area (Å²) in [7, 11) is 0. The molecule has 0 aliphatic carbocycles. The van der Waals surface area contributed by atoms with Crippen molar-refractivity contribution in [2.75, 3.05) is 6.54 Å². The van der Waals surface area contributed by atoms with Crippen LogP contribution in [0.2, 0.25) is 0 Å². The van der Waals surface area contributed by atoms with Gasteiger partial charge in [-0.2, -0.15) is 5.10 Å². The minimum Gasteiger partial charge on any atom is -0.310 e. The molecular weight excluding hydrogens is 164 g/mol. The van der Waals surface area contributed by atoms with Gasteiger partial charge in [-0.3, -0.25) is 0 Å². The van der Waals surface area contributed by atoms with E-state index in [1.165, 1.54) is 0 Å². The van der Waals surface area contributed by atoms with Gasteiger partial charge in [-0.15, -0.1) is 0 Å². The zero-order valence-electron chi connectivity index (χ0n) is 8.25. The Morgan fingerprint density at radius 3 is 3.08 bits per heavy atom. The third-order valence-electron chi connectivity index (χ3n) is 1.55. The van der Waals surface area contributed by atoms with E-state index in [9.17, 15) is 0 Å². The van der Waals surface area contributed by atoms with Crippen LogP contribution in [0.1, 0.15) is 19.7 Å². The maximum atomic E-state index is 4.27. The van der Waals surface area contributed by atoms with E-state index >= 15 is 0 Å². The molecule has 0 unspecified atom stereocenters. The summed E-state index contributed by atoms with van der Waals surface area (Å²) >= 11 is 0. The van der Waals surface area contributed by atoms with E-state index in [1.54, 1.807) is 11.0 Å². The molecule has 0 amide bonds. The molecule has 4 heteroatoms. The van der Waals surface area contributed by atoms with Crippen molar-refractivity contribution < 1.29 is 0 Å². The average molecular weight is 180 g/mol. The van der Waals surface area contributed by atoms with Gasteiger partial charge in [-0.05, 0) is 13.5 Å². The highest BCUT2D eigenvalue weighted by Crippen LogP contribution is 1.94. The Morgan fingerprint density at radius 2 is 2.46 bits per heavy atom. The third-order valence-corrected chi connectivity index (χ3v) is 1.55. The molecule has 0 aliphatic rings. The van der Waals surface area contributed by atoms with Crippen LogP contribution in [0.5, 0.6) is 0 Å². The molecule has 0 bridgehead atoms. The van der Waals surface area contributed by atoms with Crippen LogP contribution >= 0.6 is 0 Å². The molecule has 0 spiro atoms. The molecule has 0 saturated carbocycles. The van der Waals surface area contributed by atoms with Gasteiger partial charge in [0.05, 0.1) is 13.1 Å². The quantitative estimate of drug-likeness (QED) is 0.686. The largest absolute Gasteiger partial charge is 0.310 e. The Labute approximate surface area is 78.7 Å². The first-order chi connectivity index (χ1) is 6.22. The lowest BCUT2D eigenvalue weighted by Gasteiger charge is -1.97. The van der Waals surface area contributed by atoms with E-state index in [1.807, 2.05) is 6.92 Å². The van der Waals surface area contributed by atoms with Gasteiger partial charge in [0.15, 0.2) is 5.82 Å². The molecule has 1 rings (SSSR count). The van der Waals surface area contributed by atoms with Crippen molar-refractivity contribution in [2.45, 2.75) is 26.9 Å². The summed E-state index contributed by atoms with van der Waals surface area (Å²) in [5.41, 5.74) is 1.08. The second-order valence-electron chi connectivity index (χ2n) is 3.10. The molecule has 72 valence electrons. The number of rotatable bonds is 5. The van der Waals surface area contributed by atoms with Crippen LogP contribution in [-0.2, 0) is 13.1 Å². The van der Waals surface area contributed by atoms with E-state index in [0.717, 1.165) is 31.0 Å². The standard InChI is InChI=1S/C9H16N4/c1-4-10-5-9-11-7-13(12-9)6-8(2)3/h7,10H,2,4-6H2,1,3H3. The van der Waals surface area contributed by atoms with Crippen molar-refractivity contribution in [1.29, 1.82) is 0 Å². The summed E-state index contributed by atoms with van der Waals surface area (Å²) in [6.45, 7) is 10.3. The van der Waals surface area contributed by atoms with Gasteiger partial charge in [0.2, 0.25) is 0 Å². The van der Waals surface area contributed by atoms with Crippen LogP contribution in [0, 0.1) is 0 Å². The highest BCUT2D eigenvalue weighted by molar-refractivity contribution is 4.89. The van der Waals surface area contributed by atoms with Gasteiger partial charge in [0.1, 0.15) is 6.33 Å². The summed E-state index contributed by atoms with van der Waals surface area (Å²) in [5.74, 6) is 0.836. The van der Waals surface area contributed by atoms with Crippen LogP contribution in [0.15, 0.2) is 18.5 Å². The predicted molar refractivity (Wildman–Crippen MR) is 52.2 cm³/mol. The highest BCUT2D eigenvalue weighted by atomic mass is 15.3. The zero-order valence-corrected chi connectivity index (χ0v) is 8.25. The Bertz CT molecular complexity index is 277. The first-order valence-electron chi connectivity index (χ1n) is 4.45. The number of nitrogens with zero attached hydrogens (tertiary/aromatic N) is 3. The summed E-state index contributed by atoms with van der Waals surface area (Å²) in [6, 6.07) is 0. The van der Waals surface area contributed by atoms with E-state index in [4.69, 9.17) is 0 Å². The van der Waals surface area contributed by atoms with Crippen molar-refractivity contribution in [3.63, 3.8) is 0 Å². The highest BCUT2D eigenvalue weighted by Gasteiger charge is 1.98. The van der Waals surface area contributed by atoms with E-state index in [-0.39, 0.29) is 0 Å². The molecule has 0 atom stereocenters. The molecule has 4 nitrogen and oxygen atoms in total. The molecule has 1 N–H and O–H groups in total. The molecule has 0 saturated heterocycles. The summed E-state index contributed by atoms with van der Waals surface area (Å²) < 4.78 is 1.80. The first-order valence-corrected chi connectivity index (χ1v) is 4.45. The van der Waals surface area contributed by atoms with E-state index in [0.29, 0.717) is 0 Å². The summed E-state index contributed by atoms with van der Waals surface area (Å²) in [4.78, 5) is 4.16. The van der Waals surface area contributed by atoms with Crippen LogP contribution in [-0.4, -0.2) is 21.3 Å². The lowest BCUT2D eigenvalue weighted by molar-refractivity contribution is 0.639. The number of hydrogen-bond acceptors (Lipinski definition) is 3. The van der Waals surface area contributed by atoms with Crippen LogP contribution in [0.25, 0.3) is 0 Å². The van der Waals surface area contributed by atoms with Gasteiger partial charge >= 0.3 is 0 Å². The first kappa shape index (κ1) is 9.92. The maximum Gasteiger partial charge on any atom is 0.164 e. The van der Waals surface area contributed by atoms with Crippen LogP contribution < -0.4 is 5.32 Å². The smallest absolute Gasteiger partial charge is 0.164 e. The fraction of sp³-hybridized carbons (Fsp3) is 0.556. The molecule has 0 aromatic carbocycles. The number of hydrogen-bond donors (Lipinski definition) is 1. The molecule has 13 heavy (non-hydrogen) atoms. The fourth-order valence-corrected chi connectivity index (χ4v) is 1.00. The van der Waals surface area contributed by atoms with Gasteiger partial charge in [0, 0.05) is 0 Å². The molecule has 1 aromatic heterocycles. The van der Waals surface area contributed by atoms with Crippen molar-refractivity contribution in [1.82, 2.24) is 20.1 Å². The second-order valence-corrected chi connectivity index (χ2v) is 3.10. The molecule has 0 radical (unpaired) electrons. The molecular formula is C9H16N4. The lowest BCUT2D eigenvalue weighted by Crippen LogP contribution is -2.13. The van der Waals surface area contributed by atoms with Crippen molar-refractivity contribution in [3.05, 3.63) is 24.3 Å². The van der Waals surface area contributed by atoms with Crippen LogP contribution in [0.4, 0.5) is 0 Å². The Morgan fingerprint density at radius 1 is 1.69 bits per heavy atom. The van der Waals surface area contributed by atoms with Gasteiger partial charge in [-0.1, -0.05) is 19.1 Å². The lowest BCUT2D eigenvalue weighted by atomic mass is 10.4. The molecule has 0 aliphatic heterocycles. The minimum atomic E-state index is 0.736. The Hall–Kier alpha value is -1.16. The average Bonchev–Trinajstić information content (AvgIpc) is 2.48. The van der Waals surface area contributed by atoms with Gasteiger partial charge in [0.25, 0.3) is 0 Å². The Kier molecular flexibility index (Phi) is 3.64. The topological polar surface area (TPSA) is 42.7 Å². The SMILES string of the molecule is C=C(C)Cn1cnc(CNCC)n1.